The summed E-state index contributed by atoms with van der Waals surface area (Å²) in [6.45, 7) is 21.1. The summed E-state index contributed by atoms with van der Waals surface area (Å²) < 4.78 is 12.4. The van der Waals surface area contributed by atoms with E-state index in [9.17, 15) is 4.79 Å². The van der Waals surface area contributed by atoms with E-state index in [2.05, 4.69) is 73.8 Å². The van der Waals surface area contributed by atoms with Crippen molar-refractivity contribution in [3.05, 3.63) is 29.3 Å². The molecule has 142 valence electrons. The quantitative estimate of drug-likeness (QED) is 0.518. The molecule has 1 aromatic rings. The zero-order chi connectivity index (χ0) is 19.6. The summed E-state index contributed by atoms with van der Waals surface area (Å²) in [6, 6.07) is 5.94. The van der Waals surface area contributed by atoms with Gasteiger partial charge in [-0.15, -0.1) is 0 Å². The van der Waals surface area contributed by atoms with Gasteiger partial charge in [-0.05, 0) is 48.6 Å². The lowest BCUT2D eigenvalue weighted by Crippen LogP contribution is -2.40. The van der Waals surface area contributed by atoms with Crippen LogP contribution in [0, 0.1) is 5.41 Å². The van der Waals surface area contributed by atoms with Crippen LogP contribution in [0.1, 0.15) is 57.5 Å². The molecule has 0 N–H and O–H groups in total. The van der Waals surface area contributed by atoms with Gasteiger partial charge in [0.1, 0.15) is 11.9 Å². The Morgan fingerprint density at radius 1 is 0.960 bits per heavy atom. The van der Waals surface area contributed by atoms with Crippen LogP contribution in [0.5, 0.6) is 5.75 Å². The monoisotopic (exact) mass is 380 g/mol. The van der Waals surface area contributed by atoms with Gasteiger partial charge in [0.15, 0.2) is 14.8 Å². The number of carbonyl (C=O) groups is 1. The Labute approximate surface area is 157 Å². The second kappa shape index (κ2) is 8.19. The van der Waals surface area contributed by atoms with Gasteiger partial charge in [-0.1, -0.05) is 53.7 Å². The Balaban J connectivity index is 3.50. The van der Waals surface area contributed by atoms with Crippen LogP contribution in [0.3, 0.4) is 0 Å². The molecule has 0 aliphatic carbocycles. The predicted octanol–water partition coefficient (Wildman–Crippen LogP) is 4.94. The lowest BCUT2D eigenvalue weighted by Gasteiger charge is -2.33. The van der Waals surface area contributed by atoms with E-state index in [1.165, 1.54) is 0 Å². The topological polar surface area (TPSA) is 35.5 Å². The van der Waals surface area contributed by atoms with E-state index in [4.69, 9.17) is 8.85 Å². The summed E-state index contributed by atoms with van der Waals surface area (Å²) in [5, 5.41) is 0. The fraction of sp³-hybridized carbons (Fsp3) is 0.650. The maximum Gasteiger partial charge on any atom is 0.229 e. The van der Waals surface area contributed by atoms with Crippen molar-refractivity contribution in [1.82, 2.24) is 0 Å². The van der Waals surface area contributed by atoms with Gasteiger partial charge in [-0.3, -0.25) is 4.79 Å². The van der Waals surface area contributed by atoms with E-state index in [-0.39, 0.29) is 16.6 Å². The van der Waals surface area contributed by atoms with E-state index in [0.29, 0.717) is 5.56 Å². The Hall–Kier alpha value is -0.916. The van der Waals surface area contributed by atoms with Crippen molar-refractivity contribution in [2.45, 2.75) is 79.2 Å². The number of para-hydroxylation sites is 1. The average molecular weight is 381 g/mol. The first kappa shape index (κ1) is 22.1. The number of carbonyl (C=O) groups excluding carboxylic acids is 1. The molecule has 0 spiro atoms. The normalized spacial score (nSPS) is 14.1. The van der Waals surface area contributed by atoms with Crippen LogP contribution < -0.4 is 4.43 Å². The molecule has 5 heteroatoms. The van der Waals surface area contributed by atoms with Gasteiger partial charge in [0.05, 0.1) is 5.56 Å². The molecule has 1 atom stereocenters. The van der Waals surface area contributed by atoms with E-state index in [1.54, 1.807) is 0 Å². The van der Waals surface area contributed by atoms with E-state index < -0.39 is 24.2 Å². The summed E-state index contributed by atoms with van der Waals surface area (Å²) in [5.74, 6) is 0.814. The highest BCUT2D eigenvalue weighted by molar-refractivity contribution is 6.49. The molecule has 1 unspecified atom stereocenters. The van der Waals surface area contributed by atoms with Gasteiger partial charge in [0.2, 0.25) is 9.04 Å². The van der Waals surface area contributed by atoms with Crippen molar-refractivity contribution >= 4 is 23.9 Å². The third kappa shape index (κ3) is 6.08. The molecule has 0 aliphatic rings. The molecule has 25 heavy (non-hydrogen) atoms. The minimum absolute atomic E-state index is 0.0458. The minimum Gasteiger partial charge on any atom is -0.546 e. The van der Waals surface area contributed by atoms with Crippen LogP contribution in [0.4, 0.5) is 0 Å². The zero-order valence-electron chi connectivity index (χ0n) is 17.7. The minimum atomic E-state index is -1.35. The number of hydrogen-bond acceptors (Lipinski definition) is 3. The lowest BCUT2D eigenvalue weighted by atomic mass is 9.81. The first-order valence-electron chi connectivity index (χ1n) is 9.25. The van der Waals surface area contributed by atoms with E-state index >= 15 is 0 Å². The molecule has 0 amide bonds. The Morgan fingerprint density at radius 2 is 1.52 bits per heavy atom. The van der Waals surface area contributed by atoms with Gasteiger partial charge in [-0.2, -0.15) is 0 Å². The molecule has 0 heterocycles. The fourth-order valence-corrected chi connectivity index (χ4v) is 4.56. The van der Waals surface area contributed by atoms with Crippen molar-refractivity contribution in [1.29, 1.82) is 0 Å². The highest BCUT2D eigenvalue weighted by atomic mass is 28.3. The van der Waals surface area contributed by atoms with Gasteiger partial charge >= 0.3 is 0 Å². The van der Waals surface area contributed by atoms with Crippen LogP contribution in [-0.4, -0.2) is 30.0 Å². The molecule has 1 aromatic carbocycles. The molecule has 3 nitrogen and oxygen atoms in total. The van der Waals surface area contributed by atoms with Crippen LogP contribution in [0.2, 0.25) is 26.2 Å². The highest BCUT2D eigenvalue weighted by Gasteiger charge is 2.36. The van der Waals surface area contributed by atoms with Crippen LogP contribution >= 0.6 is 0 Å². The first-order chi connectivity index (χ1) is 11.2. The highest BCUT2D eigenvalue weighted by Crippen LogP contribution is 2.37. The smallest absolute Gasteiger partial charge is 0.229 e. The predicted molar refractivity (Wildman–Crippen MR) is 112 cm³/mol. The zero-order valence-corrected chi connectivity index (χ0v) is 20.0. The van der Waals surface area contributed by atoms with Crippen LogP contribution in [0.15, 0.2) is 18.2 Å². The van der Waals surface area contributed by atoms with Gasteiger partial charge in [-0.25, -0.2) is 0 Å². The summed E-state index contributed by atoms with van der Waals surface area (Å²) in [7, 11) is -2.70. The molecular weight excluding hydrogens is 344 g/mol. The third-order valence-corrected chi connectivity index (χ3v) is 5.40. The molecule has 0 saturated carbocycles. The van der Waals surface area contributed by atoms with Crippen LogP contribution in [-0.2, 0) is 9.84 Å². The number of hydrogen-bond donors (Lipinski definition) is 0. The molecule has 1 rings (SSSR count). The van der Waals surface area contributed by atoms with Crippen molar-refractivity contribution < 1.29 is 13.6 Å². The van der Waals surface area contributed by atoms with E-state index in [0.717, 1.165) is 11.3 Å². The summed E-state index contributed by atoms with van der Waals surface area (Å²) in [6.07, 6.45) is -0.439. The number of ketones is 1. The van der Waals surface area contributed by atoms with Crippen molar-refractivity contribution in [2.24, 2.45) is 5.41 Å². The maximum absolute atomic E-state index is 13.4. The Bertz CT molecular complexity index is 596. The van der Waals surface area contributed by atoms with Crippen molar-refractivity contribution in [2.75, 3.05) is 0 Å². The second-order valence-corrected chi connectivity index (χ2v) is 14.1. The second-order valence-electron chi connectivity index (χ2n) is 9.39. The molecule has 0 bridgehead atoms. The van der Waals surface area contributed by atoms with Gasteiger partial charge in [0.25, 0.3) is 0 Å². The lowest BCUT2D eigenvalue weighted by molar-refractivity contribution is 0.0536. The Kier molecular flexibility index (Phi) is 7.24. The Morgan fingerprint density at radius 3 is 1.92 bits per heavy atom. The SMILES string of the molecule is C[SiH](C)Oc1c(C(=O)C(O[SiH](C)C)C(C)(C)C)cccc1C(C)(C)C. The van der Waals surface area contributed by atoms with Crippen LogP contribution in [0.25, 0.3) is 0 Å². The molecule has 0 radical (unpaired) electrons. The van der Waals surface area contributed by atoms with E-state index in [1.807, 2.05) is 12.1 Å². The molecule has 0 aromatic heterocycles. The average Bonchev–Trinajstić information content (AvgIpc) is 2.41. The summed E-state index contributed by atoms with van der Waals surface area (Å²) in [4.78, 5) is 13.4. The molecular formula is C20H36O3Si2. The van der Waals surface area contributed by atoms with Gasteiger partial charge < -0.3 is 8.85 Å². The number of benzene rings is 1. The van der Waals surface area contributed by atoms with Gasteiger partial charge in [0, 0.05) is 0 Å². The third-order valence-electron chi connectivity index (χ3n) is 3.88. The van der Waals surface area contributed by atoms with Crippen molar-refractivity contribution in [3.63, 3.8) is 0 Å². The standard InChI is InChI=1S/C20H36O3Si2/c1-19(2,3)15-13-11-12-14(17(15)22-24(7)8)16(21)18(20(4,5)6)23-25(9)10/h11-13,18,24-25H,1-10H3. The summed E-state index contributed by atoms with van der Waals surface area (Å²) >= 11 is 0. The maximum atomic E-state index is 13.4. The molecule has 0 saturated heterocycles. The molecule has 0 aliphatic heterocycles. The first-order valence-corrected chi connectivity index (χ1v) is 14.8. The number of Topliss-reactive ketones (excluding diaryl/α,β-unsaturated/α-hetero) is 1. The van der Waals surface area contributed by atoms with Crippen molar-refractivity contribution in [3.8, 4) is 5.75 Å². The summed E-state index contributed by atoms with van der Waals surface area (Å²) in [5.41, 5.74) is 1.43. The molecule has 0 fully saturated rings. The number of rotatable bonds is 6. The largest absolute Gasteiger partial charge is 0.546 e. The fourth-order valence-electron chi connectivity index (χ4n) is 2.76.